The number of benzene rings is 1. The van der Waals surface area contributed by atoms with Crippen LogP contribution in [-0.2, 0) is 9.59 Å². The fraction of sp³-hybridized carbons (Fsp3) is 0.273. The minimum Gasteiger partial charge on any atom is -0.480 e. The summed E-state index contributed by atoms with van der Waals surface area (Å²) in [5.74, 6) is -0.494. The highest BCUT2D eigenvalue weighted by Gasteiger charge is 2.32. The average Bonchev–Trinajstić information content (AvgIpc) is 3.16. The number of carboxylic acids is 1. The van der Waals surface area contributed by atoms with Crippen molar-refractivity contribution in [3.63, 3.8) is 0 Å². The molecule has 0 spiro atoms. The normalized spacial score (nSPS) is 15.4. The largest absolute Gasteiger partial charge is 0.480 e. The molecule has 158 valence electrons. The number of H-pyrrole nitrogens is 1. The number of carbonyl (C=O) groups excluding carboxylic acids is 1. The molecule has 31 heavy (non-hydrogen) atoms. The lowest BCUT2D eigenvalue weighted by Gasteiger charge is -2.38. The first-order chi connectivity index (χ1) is 15.0. The van der Waals surface area contributed by atoms with E-state index in [4.69, 9.17) is 0 Å². The summed E-state index contributed by atoms with van der Waals surface area (Å²) < 4.78 is 0. The monoisotopic (exact) mass is 418 g/mol. The van der Waals surface area contributed by atoms with Gasteiger partial charge in [0.2, 0.25) is 5.91 Å². The quantitative estimate of drug-likeness (QED) is 0.581. The van der Waals surface area contributed by atoms with Crippen LogP contribution >= 0.6 is 0 Å². The lowest BCUT2D eigenvalue weighted by Crippen LogP contribution is -2.49. The lowest BCUT2D eigenvalue weighted by atomic mass is 10.0. The number of pyridine rings is 1. The first kappa shape index (κ1) is 20.4. The molecule has 0 unspecified atom stereocenters. The van der Waals surface area contributed by atoms with Crippen molar-refractivity contribution in [2.75, 3.05) is 36.4 Å². The molecular formula is C22H22N6O3. The van der Waals surface area contributed by atoms with E-state index in [2.05, 4.69) is 21.4 Å². The van der Waals surface area contributed by atoms with E-state index in [9.17, 15) is 20.0 Å². The van der Waals surface area contributed by atoms with Gasteiger partial charge in [-0.2, -0.15) is 5.26 Å². The Morgan fingerprint density at radius 3 is 2.71 bits per heavy atom. The number of aromatic amines is 1. The Kier molecular flexibility index (Phi) is 5.56. The van der Waals surface area contributed by atoms with Crippen LogP contribution in [0.2, 0.25) is 0 Å². The number of carboxylic acid groups (broad SMARTS) is 1. The summed E-state index contributed by atoms with van der Waals surface area (Å²) in [5.41, 5.74) is 2.58. The number of piperazine rings is 1. The summed E-state index contributed by atoms with van der Waals surface area (Å²) in [6.07, 6.45) is 3.38. The first-order valence-corrected chi connectivity index (χ1v) is 9.93. The van der Waals surface area contributed by atoms with Gasteiger partial charge in [-0.1, -0.05) is 0 Å². The number of rotatable bonds is 5. The summed E-state index contributed by atoms with van der Waals surface area (Å²) in [4.78, 5) is 35.1. The van der Waals surface area contributed by atoms with Crippen LogP contribution in [0.3, 0.4) is 0 Å². The Bertz CT molecular complexity index is 1170. The Hall–Kier alpha value is -3.90. The smallest absolute Gasteiger partial charge is 0.325 e. The Labute approximate surface area is 178 Å². The number of aromatic nitrogens is 2. The summed E-state index contributed by atoms with van der Waals surface area (Å²) >= 11 is 0. The van der Waals surface area contributed by atoms with E-state index in [0.717, 1.165) is 10.9 Å². The van der Waals surface area contributed by atoms with Crippen molar-refractivity contribution >= 4 is 34.3 Å². The predicted octanol–water partition coefficient (Wildman–Crippen LogP) is 2.34. The van der Waals surface area contributed by atoms with Crippen LogP contribution in [0.15, 0.2) is 42.7 Å². The molecule has 9 nitrogen and oxygen atoms in total. The fourth-order valence-electron chi connectivity index (χ4n) is 4.06. The molecule has 3 N–H and O–H groups in total. The molecule has 0 radical (unpaired) electrons. The highest BCUT2D eigenvalue weighted by atomic mass is 16.4. The number of aliphatic carboxylic acids is 1. The van der Waals surface area contributed by atoms with Gasteiger partial charge in [0.05, 0.1) is 5.56 Å². The zero-order chi connectivity index (χ0) is 22.0. The summed E-state index contributed by atoms with van der Waals surface area (Å²) in [5, 5.41) is 22.9. The molecule has 1 aliphatic heterocycles. The van der Waals surface area contributed by atoms with Crippen LogP contribution < -0.4 is 10.2 Å². The van der Waals surface area contributed by atoms with Crippen molar-refractivity contribution in [3.05, 3.63) is 53.9 Å². The van der Waals surface area contributed by atoms with Gasteiger partial charge in [0, 0.05) is 67.7 Å². The van der Waals surface area contributed by atoms with Crippen LogP contribution in [0.4, 0.5) is 11.5 Å². The highest BCUT2D eigenvalue weighted by Crippen LogP contribution is 2.32. The predicted molar refractivity (Wildman–Crippen MR) is 116 cm³/mol. The zero-order valence-electron chi connectivity index (χ0n) is 17.0. The number of fused-ring (bicyclic) bond motifs is 1. The molecule has 3 heterocycles. The maximum absolute atomic E-state index is 12.3. The molecular weight excluding hydrogens is 396 g/mol. The summed E-state index contributed by atoms with van der Waals surface area (Å²) in [7, 11) is 0. The van der Waals surface area contributed by atoms with Crippen LogP contribution in [-0.4, -0.2) is 58.0 Å². The SMILES string of the molecule is CC(=O)Nc1ccc2[nH]cc([C@@H](C(=O)O)N3CCN(c4ncccc4C#N)CC3)c2c1. The Balaban J connectivity index is 1.59. The van der Waals surface area contributed by atoms with Crippen molar-refractivity contribution in [2.24, 2.45) is 0 Å². The van der Waals surface area contributed by atoms with Crippen molar-refractivity contribution < 1.29 is 14.7 Å². The van der Waals surface area contributed by atoms with Gasteiger partial charge in [-0.15, -0.1) is 0 Å². The molecule has 0 saturated carbocycles. The zero-order valence-corrected chi connectivity index (χ0v) is 17.0. The van der Waals surface area contributed by atoms with Crippen LogP contribution in [0.25, 0.3) is 10.9 Å². The average molecular weight is 418 g/mol. The number of carbonyl (C=O) groups is 2. The van der Waals surface area contributed by atoms with Crippen LogP contribution in [0, 0.1) is 11.3 Å². The maximum Gasteiger partial charge on any atom is 0.325 e. The summed E-state index contributed by atoms with van der Waals surface area (Å²) in [6, 6.07) is 10.2. The second-order valence-electron chi connectivity index (χ2n) is 7.44. The Morgan fingerprint density at radius 1 is 1.26 bits per heavy atom. The van der Waals surface area contributed by atoms with E-state index in [1.807, 2.05) is 15.9 Å². The number of nitriles is 1. The van der Waals surface area contributed by atoms with Crippen molar-refractivity contribution in [1.82, 2.24) is 14.9 Å². The van der Waals surface area contributed by atoms with Crippen LogP contribution in [0.1, 0.15) is 24.1 Å². The molecule has 0 aliphatic carbocycles. The van der Waals surface area contributed by atoms with Crippen molar-refractivity contribution in [2.45, 2.75) is 13.0 Å². The Morgan fingerprint density at radius 2 is 2.03 bits per heavy atom. The lowest BCUT2D eigenvalue weighted by molar-refractivity contribution is -0.143. The van der Waals surface area contributed by atoms with E-state index in [-0.39, 0.29) is 5.91 Å². The van der Waals surface area contributed by atoms with E-state index in [1.165, 1.54) is 6.92 Å². The fourth-order valence-corrected chi connectivity index (χ4v) is 4.06. The van der Waals surface area contributed by atoms with Gasteiger partial charge >= 0.3 is 5.97 Å². The minimum absolute atomic E-state index is 0.186. The molecule has 1 atom stereocenters. The second kappa shape index (κ2) is 8.45. The summed E-state index contributed by atoms with van der Waals surface area (Å²) in [6.45, 7) is 3.58. The number of nitrogens with zero attached hydrogens (tertiary/aromatic N) is 4. The standard InChI is InChI=1S/C22H22N6O3/c1-14(29)26-16-4-5-19-17(11-16)18(13-25-19)20(22(30)31)27-7-9-28(10-8-27)21-15(12-23)3-2-6-24-21/h2-6,11,13,20,25H,7-10H2,1H3,(H,26,29)(H,30,31)/t20-/m0/s1. The molecule has 1 amide bonds. The van der Waals surface area contributed by atoms with E-state index in [1.54, 1.807) is 36.7 Å². The van der Waals surface area contributed by atoms with Crippen molar-refractivity contribution in [1.29, 1.82) is 5.26 Å². The maximum atomic E-state index is 12.3. The van der Waals surface area contributed by atoms with Crippen LogP contribution in [0.5, 0.6) is 0 Å². The van der Waals surface area contributed by atoms with Crippen molar-refractivity contribution in [3.8, 4) is 6.07 Å². The number of amides is 1. The van der Waals surface area contributed by atoms with Gasteiger partial charge in [0.25, 0.3) is 0 Å². The molecule has 1 fully saturated rings. The van der Waals surface area contributed by atoms with Gasteiger partial charge in [-0.05, 0) is 30.3 Å². The molecule has 1 saturated heterocycles. The van der Waals surface area contributed by atoms with E-state index in [0.29, 0.717) is 48.8 Å². The first-order valence-electron chi connectivity index (χ1n) is 9.93. The van der Waals surface area contributed by atoms with Gasteiger partial charge < -0.3 is 20.3 Å². The molecule has 2 aromatic heterocycles. The number of anilines is 2. The number of hydrogen-bond acceptors (Lipinski definition) is 6. The number of hydrogen-bond donors (Lipinski definition) is 3. The van der Waals surface area contributed by atoms with E-state index >= 15 is 0 Å². The third-order valence-corrected chi connectivity index (χ3v) is 5.45. The molecule has 4 rings (SSSR count). The molecule has 1 aromatic carbocycles. The molecule has 0 bridgehead atoms. The third kappa shape index (κ3) is 4.06. The molecule has 3 aromatic rings. The second-order valence-corrected chi connectivity index (χ2v) is 7.44. The van der Waals surface area contributed by atoms with Gasteiger partial charge in [0.1, 0.15) is 17.9 Å². The number of nitrogens with one attached hydrogen (secondary N) is 2. The topological polar surface area (TPSA) is 125 Å². The molecule has 9 heteroatoms. The van der Waals surface area contributed by atoms with Gasteiger partial charge in [-0.3, -0.25) is 14.5 Å². The van der Waals surface area contributed by atoms with Gasteiger partial charge in [0.15, 0.2) is 0 Å². The third-order valence-electron chi connectivity index (χ3n) is 5.45. The van der Waals surface area contributed by atoms with E-state index < -0.39 is 12.0 Å². The minimum atomic E-state index is -0.935. The van der Waals surface area contributed by atoms with Gasteiger partial charge in [-0.25, -0.2) is 4.98 Å². The molecule has 1 aliphatic rings. The highest BCUT2D eigenvalue weighted by molar-refractivity contribution is 5.95.